The lowest BCUT2D eigenvalue weighted by Gasteiger charge is -2.31. The summed E-state index contributed by atoms with van der Waals surface area (Å²) in [6, 6.07) is 9.38. The lowest BCUT2D eigenvalue weighted by atomic mass is 10.2. The van der Waals surface area contributed by atoms with E-state index in [-0.39, 0.29) is 12.0 Å². The van der Waals surface area contributed by atoms with E-state index in [4.69, 9.17) is 14.9 Å². The molecule has 1 atom stereocenters. The second-order valence-corrected chi connectivity index (χ2v) is 4.63. The Hall–Kier alpha value is -1.85. The molecule has 1 aliphatic heterocycles. The number of nitrogens with zero attached hydrogens (tertiary/aromatic N) is 1. The van der Waals surface area contributed by atoms with Gasteiger partial charge in [0.2, 0.25) is 0 Å². The maximum Gasteiger partial charge on any atom is 0.289 e. The molecule has 100 valence electrons. The van der Waals surface area contributed by atoms with Crippen molar-refractivity contribution < 1.29 is 13.9 Å². The smallest absolute Gasteiger partial charge is 0.289 e. The number of morpholine rings is 1. The topological polar surface area (TPSA) is 68.7 Å². The number of benzene rings is 1. The average Bonchev–Trinajstić information content (AvgIpc) is 2.90. The SMILES string of the molecule is NC[C@H]1CN(C(=O)c2cc3ccccc3o2)CCO1. The van der Waals surface area contributed by atoms with Crippen LogP contribution in [0.15, 0.2) is 34.7 Å². The second kappa shape index (κ2) is 5.03. The molecule has 1 fully saturated rings. The van der Waals surface area contributed by atoms with E-state index in [9.17, 15) is 4.79 Å². The molecule has 5 heteroatoms. The van der Waals surface area contributed by atoms with Crippen molar-refractivity contribution in [1.82, 2.24) is 4.90 Å². The fraction of sp³-hybridized carbons (Fsp3) is 0.357. The molecule has 2 aromatic rings. The van der Waals surface area contributed by atoms with Gasteiger partial charge in [-0.3, -0.25) is 4.79 Å². The van der Waals surface area contributed by atoms with Gasteiger partial charge in [-0.05, 0) is 12.1 Å². The molecule has 5 nitrogen and oxygen atoms in total. The minimum atomic E-state index is -0.0991. The van der Waals surface area contributed by atoms with E-state index in [1.54, 1.807) is 11.0 Å². The Morgan fingerprint density at radius 1 is 1.42 bits per heavy atom. The van der Waals surface area contributed by atoms with E-state index in [1.165, 1.54) is 0 Å². The maximum atomic E-state index is 12.4. The van der Waals surface area contributed by atoms with Crippen LogP contribution in [-0.4, -0.2) is 43.2 Å². The highest BCUT2D eigenvalue weighted by Crippen LogP contribution is 2.20. The molecule has 1 aliphatic rings. The summed E-state index contributed by atoms with van der Waals surface area (Å²) in [5.41, 5.74) is 6.31. The van der Waals surface area contributed by atoms with E-state index >= 15 is 0 Å². The van der Waals surface area contributed by atoms with Crippen molar-refractivity contribution >= 4 is 16.9 Å². The Morgan fingerprint density at radius 2 is 2.26 bits per heavy atom. The van der Waals surface area contributed by atoms with E-state index in [0.717, 1.165) is 11.0 Å². The van der Waals surface area contributed by atoms with Crippen molar-refractivity contribution in [3.63, 3.8) is 0 Å². The van der Waals surface area contributed by atoms with Crippen LogP contribution in [0.1, 0.15) is 10.6 Å². The Labute approximate surface area is 110 Å². The average molecular weight is 260 g/mol. The zero-order valence-electron chi connectivity index (χ0n) is 10.5. The molecule has 2 heterocycles. The van der Waals surface area contributed by atoms with Crippen molar-refractivity contribution in [3.05, 3.63) is 36.1 Å². The molecule has 0 saturated carbocycles. The first-order chi connectivity index (χ1) is 9.28. The third-order valence-electron chi connectivity index (χ3n) is 3.33. The van der Waals surface area contributed by atoms with Crippen LogP contribution < -0.4 is 5.73 Å². The maximum absolute atomic E-state index is 12.4. The zero-order valence-corrected chi connectivity index (χ0v) is 10.5. The quantitative estimate of drug-likeness (QED) is 0.881. The predicted molar refractivity (Wildman–Crippen MR) is 70.9 cm³/mol. The number of fused-ring (bicyclic) bond motifs is 1. The Balaban J connectivity index is 1.82. The highest BCUT2D eigenvalue weighted by molar-refractivity contribution is 5.96. The van der Waals surface area contributed by atoms with Crippen molar-refractivity contribution in [2.75, 3.05) is 26.2 Å². The van der Waals surface area contributed by atoms with Gasteiger partial charge >= 0.3 is 0 Å². The summed E-state index contributed by atoms with van der Waals surface area (Å²) in [5, 5.41) is 0.939. The number of amides is 1. The monoisotopic (exact) mass is 260 g/mol. The molecule has 1 saturated heterocycles. The number of para-hydroxylation sites is 1. The number of nitrogens with two attached hydrogens (primary N) is 1. The molecule has 0 bridgehead atoms. The van der Waals surface area contributed by atoms with Crippen molar-refractivity contribution in [3.8, 4) is 0 Å². The lowest BCUT2D eigenvalue weighted by Crippen LogP contribution is -2.48. The molecular weight excluding hydrogens is 244 g/mol. The van der Waals surface area contributed by atoms with Gasteiger partial charge in [-0.2, -0.15) is 0 Å². The predicted octanol–water partition coefficient (Wildman–Crippen LogP) is 1.23. The first-order valence-corrected chi connectivity index (χ1v) is 6.37. The van der Waals surface area contributed by atoms with E-state index < -0.39 is 0 Å². The Morgan fingerprint density at radius 3 is 3.05 bits per heavy atom. The second-order valence-electron chi connectivity index (χ2n) is 4.63. The molecule has 2 N–H and O–H groups in total. The number of hydrogen-bond acceptors (Lipinski definition) is 4. The third kappa shape index (κ3) is 2.34. The molecule has 3 rings (SSSR count). The van der Waals surface area contributed by atoms with Crippen molar-refractivity contribution in [1.29, 1.82) is 0 Å². The summed E-state index contributed by atoms with van der Waals surface area (Å²) in [7, 11) is 0. The summed E-state index contributed by atoms with van der Waals surface area (Å²) < 4.78 is 11.0. The first-order valence-electron chi connectivity index (χ1n) is 6.37. The number of hydrogen-bond donors (Lipinski definition) is 1. The van der Waals surface area contributed by atoms with Crippen LogP contribution in [0.2, 0.25) is 0 Å². The van der Waals surface area contributed by atoms with E-state index in [2.05, 4.69) is 0 Å². The zero-order chi connectivity index (χ0) is 13.2. The summed E-state index contributed by atoms with van der Waals surface area (Å²) >= 11 is 0. The number of ether oxygens (including phenoxy) is 1. The lowest BCUT2D eigenvalue weighted by molar-refractivity contribution is -0.0176. The van der Waals surface area contributed by atoms with Crippen LogP contribution in [0.5, 0.6) is 0 Å². The van der Waals surface area contributed by atoms with Gasteiger partial charge in [-0.15, -0.1) is 0 Å². The van der Waals surface area contributed by atoms with Gasteiger partial charge < -0.3 is 19.8 Å². The van der Waals surface area contributed by atoms with Crippen LogP contribution in [0.25, 0.3) is 11.0 Å². The van der Waals surface area contributed by atoms with Crippen LogP contribution in [0, 0.1) is 0 Å². The Bertz CT molecular complexity index is 560. The van der Waals surface area contributed by atoms with Gasteiger partial charge in [0.05, 0.1) is 12.7 Å². The minimum absolute atomic E-state index is 0.0814. The first kappa shape index (κ1) is 12.2. The van der Waals surface area contributed by atoms with Crippen LogP contribution in [0.3, 0.4) is 0 Å². The summed E-state index contributed by atoms with van der Waals surface area (Å²) in [4.78, 5) is 14.1. The molecule has 0 unspecified atom stereocenters. The van der Waals surface area contributed by atoms with Gasteiger partial charge in [-0.1, -0.05) is 18.2 Å². The number of rotatable bonds is 2. The number of carbonyl (C=O) groups excluding carboxylic acids is 1. The largest absolute Gasteiger partial charge is 0.451 e. The molecule has 1 aromatic heterocycles. The summed E-state index contributed by atoms with van der Waals surface area (Å²) in [6.45, 7) is 2.04. The minimum Gasteiger partial charge on any atom is -0.451 e. The van der Waals surface area contributed by atoms with E-state index in [1.807, 2.05) is 24.3 Å². The van der Waals surface area contributed by atoms with Gasteiger partial charge in [0.1, 0.15) is 5.58 Å². The van der Waals surface area contributed by atoms with Crippen LogP contribution in [0.4, 0.5) is 0 Å². The molecule has 1 aromatic carbocycles. The molecule has 0 radical (unpaired) electrons. The fourth-order valence-corrected chi connectivity index (χ4v) is 2.29. The standard InChI is InChI=1S/C14H16N2O3/c15-8-11-9-16(5-6-18-11)14(17)13-7-10-3-1-2-4-12(10)19-13/h1-4,7,11H,5-6,8-9,15H2/t11-/m0/s1. The highest BCUT2D eigenvalue weighted by atomic mass is 16.5. The summed E-state index contributed by atoms with van der Waals surface area (Å²) in [6.07, 6.45) is -0.0814. The van der Waals surface area contributed by atoms with Gasteiger partial charge in [0.25, 0.3) is 5.91 Å². The van der Waals surface area contributed by atoms with Crippen molar-refractivity contribution in [2.45, 2.75) is 6.10 Å². The molecule has 0 spiro atoms. The molecule has 1 amide bonds. The third-order valence-corrected chi connectivity index (χ3v) is 3.33. The molecule has 19 heavy (non-hydrogen) atoms. The van der Waals surface area contributed by atoms with Gasteiger partial charge in [0, 0.05) is 25.0 Å². The Kier molecular flexibility index (Phi) is 3.23. The van der Waals surface area contributed by atoms with Crippen LogP contribution >= 0.6 is 0 Å². The van der Waals surface area contributed by atoms with Gasteiger partial charge in [-0.25, -0.2) is 0 Å². The number of furan rings is 1. The van der Waals surface area contributed by atoms with Gasteiger partial charge in [0.15, 0.2) is 5.76 Å². The molecular formula is C14H16N2O3. The highest BCUT2D eigenvalue weighted by Gasteiger charge is 2.26. The van der Waals surface area contributed by atoms with Crippen LogP contribution in [-0.2, 0) is 4.74 Å². The normalized spacial score (nSPS) is 19.8. The number of carbonyl (C=O) groups is 1. The molecule has 0 aliphatic carbocycles. The fourth-order valence-electron chi connectivity index (χ4n) is 2.29. The van der Waals surface area contributed by atoms with E-state index in [0.29, 0.717) is 32.0 Å². The van der Waals surface area contributed by atoms with Crippen molar-refractivity contribution in [2.24, 2.45) is 5.73 Å². The summed E-state index contributed by atoms with van der Waals surface area (Å²) in [5.74, 6) is 0.275.